The molecule has 0 aromatic heterocycles. The highest BCUT2D eigenvalue weighted by Crippen LogP contribution is 2.41. The maximum Gasteiger partial charge on any atom is 0.317 e. The molecular formula is C22H21NO6. The summed E-state index contributed by atoms with van der Waals surface area (Å²) in [6, 6.07) is 13.3. The van der Waals surface area contributed by atoms with Gasteiger partial charge in [-0.05, 0) is 48.3 Å². The van der Waals surface area contributed by atoms with E-state index in [0.29, 0.717) is 17.7 Å². The lowest BCUT2D eigenvalue weighted by atomic mass is 9.73. The first-order valence-electron chi connectivity index (χ1n) is 9.24. The Balaban J connectivity index is 2.02. The fraction of sp³-hybridized carbons (Fsp3) is 0.273. The molecule has 2 aromatic carbocycles. The number of methoxy groups -OCH3 is 1. The molecule has 0 fully saturated rings. The minimum Gasteiger partial charge on any atom is -0.497 e. The highest BCUT2D eigenvalue weighted by molar-refractivity contribution is 6.10. The number of carbonyl (C=O) groups is 2. The molecule has 2 unspecified atom stereocenters. The molecule has 29 heavy (non-hydrogen) atoms. The van der Waals surface area contributed by atoms with Crippen LogP contribution in [0.4, 0.5) is 5.69 Å². The number of nitrogens with zero attached hydrogens (tertiary/aromatic N) is 1. The van der Waals surface area contributed by atoms with Crippen molar-refractivity contribution in [2.45, 2.75) is 19.3 Å². The van der Waals surface area contributed by atoms with E-state index in [1.54, 1.807) is 26.2 Å². The number of nitro groups is 1. The number of hydrogen-bond donors (Lipinski definition) is 0. The second kappa shape index (κ2) is 8.68. The Labute approximate surface area is 168 Å². The molecule has 2 aromatic rings. The molecule has 0 aliphatic heterocycles. The molecule has 7 heteroatoms. The lowest BCUT2D eigenvalue weighted by Gasteiger charge is -2.29. The number of hydrogen-bond acceptors (Lipinski definition) is 6. The number of nitro benzene ring substituents is 1. The molecule has 2 atom stereocenters. The number of benzene rings is 2. The lowest BCUT2D eigenvalue weighted by molar-refractivity contribution is -0.384. The number of rotatable bonds is 6. The molecule has 7 nitrogen and oxygen atoms in total. The molecule has 0 saturated heterocycles. The SMILES string of the molecule is CCOC(=O)C1C(=O)C=C(c2cccc(OC)c2)CC1c1ccc([N+](=O)[O-])cc1. The molecule has 0 bridgehead atoms. The molecule has 0 spiro atoms. The zero-order chi connectivity index (χ0) is 21.0. The smallest absolute Gasteiger partial charge is 0.317 e. The summed E-state index contributed by atoms with van der Waals surface area (Å²) in [5, 5.41) is 11.0. The molecular weight excluding hydrogens is 374 g/mol. The van der Waals surface area contributed by atoms with Crippen molar-refractivity contribution < 1.29 is 24.0 Å². The first-order valence-corrected chi connectivity index (χ1v) is 9.24. The largest absolute Gasteiger partial charge is 0.497 e. The first-order chi connectivity index (χ1) is 13.9. The number of non-ortho nitro benzene ring substituents is 1. The standard InChI is InChI=1S/C22H21NO6/c1-3-29-22(25)21-19(14-7-9-17(10-8-14)23(26)27)12-16(13-20(21)24)15-5-4-6-18(11-15)28-2/h4-11,13,19,21H,3,12H2,1-2H3. The summed E-state index contributed by atoms with van der Waals surface area (Å²) in [7, 11) is 1.57. The van der Waals surface area contributed by atoms with Crippen LogP contribution < -0.4 is 4.74 Å². The van der Waals surface area contributed by atoms with Crippen molar-refractivity contribution in [3.05, 3.63) is 75.8 Å². The summed E-state index contributed by atoms with van der Waals surface area (Å²) < 4.78 is 10.4. The van der Waals surface area contributed by atoms with Crippen LogP contribution in [-0.2, 0) is 14.3 Å². The van der Waals surface area contributed by atoms with Gasteiger partial charge < -0.3 is 9.47 Å². The number of ether oxygens (including phenoxy) is 2. The van der Waals surface area contributed by atoms with Crippen LogP contribution in [0.1, 0.15) is 30.4 Å². The summed E-state index contributed by atoms with van der Waals surface area (Å²) in [4.78, 5) is 35.9. The van der Waals surface area contributed by atoms with E-state index in [1.165, 1.54) is 18.2 Å². The molecule has 0 saturated carbocycles. The Hall–Kier alpha value is -3.48. The summed E-state index contributed by atoms with van der Waals surface area (Å²) in [5.74, 6) is -1.72. The fourth-order valence-corrected chi connectivity index (χ4v) is 3.56. The topological polar surface area (TPSA) is 95.7 Å². The predicted octanol–water partition coefficient (Wildman–Crippen LogP) is 3.92. The maximum atomic E-state index is 12.9. The Kier molecular flexibility index (Phi) is 6.07. The average molecular weight is 395 g/mol. The zero-order valence-electron chi connectivity index (χ0n) is 16.2. The maximum absolute atomic E-state index is 12.9. The van der Waals surface area contributed by atoms with Crippen LogP contribution >= 0.6 is 0 Å². The molecule has 0 radical (unpaired) electrons. The Bertz CT molecular complexity index is 964. The van der Waals surface area contributed by atoms with E-state index in [9.17, 15) is 19.7 Å². The van der Waals surface area contributed by atoms with Crippen LogP contribution in [0, 0.1) is 16.0 Å². The predicted molar refractivity (Wildman–Crippen MR) is 107 cm³/mol. The van der Waals surface area contributed by atoms with E-state index < -0.39 is 22.7 Å². The normalized spacial score (nSPS) is 18.7. The van der Waals surface area contributed by atoms with E-state index in [-0.39, 0.29) is 18.1 Å². The fourth-order valence-electron chi connectivity index (χ4n) is 3.56. The molecule has 0 heterocycles. The van der Waals surface area contributed by atoms with Crippen molar-refractivity contribution in [1.29, 1.82) is 0 Å². The summed E-state index contributed by atoms with van der Waals surface area (Å²) in [6.45, 7) is 1.85. The van der Waals surface area contributed by atoms with Crippen molar-refractivity contribution in [3.63, 3.8) is 0 Å². The van der Waals surface area contributed by atoms with Gasteiger partial charge in [0.05, 0.1) is 18.6 Å². The van der Waals surface area contributed by atoms with Gasteiger partial charge in [-0.2, -0.15) is 0 Å². The van der Waals surface area contributed by atoms with Gasteiger partial charge in [0.25, 0.3) is 5.69 Å². The summed E-state index contributed by atoms with van der Waals surface area (Å²) >= 11 is 0. The zero-order valence-corrected chi connectivity index (χ0v) is 16.2. The highest BCUT2D eigenvalue weighted by Gasteiger charge is 2.39. The molecule has 1 aliphatic carbocycles. The highest BCUT2D eigenvalue weighted by atomic mass is 16.6. The quantitative estimate of drug-likeness (QED) is 0.318. The van der Waals surface area contributed by atoms with Gasteiger partial charge in [-0.15, -0.1) is 0 Å². The second-order valence-corrected chi connectivity index (χ2v) is 6.69. The van der Waals surface area contributed by atoms with Gasteiger partial charge in [0.2, 0.25) is 0 Å². The van der Waals surface area contributed by atoms with Crippen molar-refractivity contribution in [3.8, 4) is 5.75 Å². The van der Waals surface area contributed by atoms with Crippen LogP contribution in [0.25, 0.3) is 5.57 Å². The van der Waals surface area contributed by atoms with Crippen molar-refractivity contribution in [1.82, 2.24) is 0 Å². The van der Waals surface area contributed by atoms with Crippen molar-refractivity contribution in [2.24, 2.45) is 5.92 Å². The molecule has 0 N–H and O–H groups in total. The van der Waals surface area contributed by atoms with Crippen LogP contribution in [0.5, 0.6) is 5.75 Å². The third kappa shape index (κ3) is 4.34. The van der Waals surface area contributed by atoms with E-state index in [2.05, 4.69) is 0 Å². The van der Waals surface area contributed by atoms with Gasteiger partial charge in [-0.25, -0.2) is 0 Å². The van der Waals surface area contributed by atoms with Gasteiger partial charge in [0.15, 0.2) is 5.78 Å². The van der Waals surface area contributed by atoms with Crippen molar-refractivity contribution >= 4 is 23.0 Å². The molecule has 150 valence electrons. The third-order valence-electron chi connectivity index (χ3n) is 4.98. The van der Waals surface area contributed by atoms with Gasteiger partial charge in [-0.1, -0.05) is 24.3 Å². The molecule has 1 aliphatic rings. The summed E-state index contributed by atoms with van der Waals surface area (Å²) in [5.41, 5.74) is 2.23. The van der Waals surface area contributed by atoms with Crippen LogP contribution in [-0.4, -0.2) is 30.4 Å². The Morgan fingerprint density at radius 3 is 2.55 bits per heavy atom. The molecule has 0 amide bonds. The van der Waals surface area contributed by atoms with Crippen LogP contribution in [0.2, 0.25) is 0 Å². The van der Waals surface area contributed by atoms with Gasteiger partial charge in [0.1, 0.15) is 11.7 Å². The van der Waals surface area contributed by atoms with E-state index in [4.69, 9.17) is 9.47 Å². The number of esters is 1. The second-order valence-electron chi connectivity index (χ2n) is 6.69. The molecule has 3 rings (SSSR count). The first kappa shape index (κ1) is 20.3. The monoisotopic (exact) mass is 395 g/mol. The van der Waals surface area contributed by atoms with Gasteiger partial charge in [-0.3, -0.25) is 19.7 Å². The van der Waals surface area contributed by atoms with Crippen LogP contribution in [0.3, 0.4) is 0 Å². The minimum absolute atomic E-state index is 0.0490. The summed E-state index contributed by atoms with van der Waals surface area (Å²) in [6.07, 6.45) is 1.90. The van der Waals surface area contributed by atoms with E-state index in [0.717, 1.165) is 11.1 Å². The van der Waals surface area contributed by atoms with E-state index in [1.807, 2.05) is 24.3 Å². The van der Waals surface area contributed by atoms with E-state index >= 15 is 0 Å². The van der Waals surface area contributed by atoms with Crippen LogP contribution in [0.15, 0.2) is 54.6 Å². The Morgan fingerprint density at radius 1 is 1.21 bits per heavy atom. The lowest BCUT2D eigenvalue weighted by Crippen LogP contribution is -2.34. The van der Waals surface area contributed by atoms with Gasteiger partial charge in [0, 0.05) is 18.1 Å². The number of allylic oxidation sites excluding steroid dienone is 2. The third-order valence-corrected chi connectivity index (χ3v) is 4.98. The number of carbonyl (C=O) groups excluding carboxylic acids is 2. The average Bonchev–Trinajstić information content (AvgIpc) is 2.73. The van der Waals surface area contributed by atoms with Crippen molar-refractivity contribution in [2.75, 3.05) is 13.7 Å². The Morgan fingerprint density at radius 2 is 1.93 bits per heavy atom. The number of ketones is 1. The van der Waals surface area contributed by atoms with Gasteiger partial charge >= 0.3 is 5.97 Å². The minimum atomic E-state index is -0.981.